The van der Waals surface area contributed by atoms with Crippen LogP contribution in [0.2, 0.25) is 0 Å². The van der Waals surface area contributed by atoms with Crippen molar-refractivity contribution in [2.75, 3.05) is 39.3 Å². The summed E-state index contributed by atoms with van der Waals surface area (Å²) >= 11 is 0. The summed E-state index contributed by atoms with van der Waals surface area (Å²) in [6, 6.07) is 7.48. The zero-order valence-corrected chi connectivity index (χ0v) is 18.4. The molecule has 9 nitrogen and oxygen atoms in total. The number of hydrogen-bond acceptors (Lipinski definition) is 7. The van der Waals surface area contributed by atoms with Crippen molar-refractivity contribution >= 4 is 5.69 Å². The topological polar surface area (TPSA) is 76.6 Å². The van der Waals surface area contributed by atoms with E-state index in [-0.39, 0.29) is 11.8 Å². The highest BCUT2D eigenvalue weighted by molar-refractivity contribution is 5.56. The summed E-state index contributed by atoms with van der Waals surface area (Å²) in [5.41, 5.74) is 2.88. The lowest BCUT2D eigenvalue weighted by Gasteiger charge is -2.46. The molecular formula is C23H25FN8O. The van der Waals surface area contributed by atoms with Gasteiger partial charge in [0.05, 0.1) is 19.3 Å². The molecule has 2 aliphatic heterocycles. The molecule has 0 radical (unpaired) electrons. The summed E-state index contributed by atoms with van der Waals surface area (Å²) in [7, 11) is 0. The van der Waals surface area contributed by atoms with Crippen LogP contribution in [-0.4, -0.2) is 80.4 Å². The number of ether oxygens (including phenoxy) is 1. The van der Waals surface area contributed by atoms with E-state index in [0.717, 1.165) is 44.7 Å². The van der Waals surface area contributed by atoms with E-state index in [9.17, 15) is 4.39 Å². The van der Waals surface area contributed by atoms with Crippen molar-refractivity contribution in [1.29, 1.82) is 0 Å². The number of morpholine rings is 1. The minimum Gasteiger partial charge on any atom is -0.371 e. The molecule has 2 aliphatic rings. The van der Waals surface area contributed by atoms with Gasteiger partial charge in [0.2, 0.25) is 5.69 Å². The van der Waals surface area contributed by atoms with Crippen LogP contribution in [-0.2, 0) is 11.2 Å². The van der Waals surface area contributed by atoms with Crippen molar-refractivity contribution < 1.29 is 9.13 Å². The lowest BCUT2D eigenvalue weighted by Crippen LogP contribution is -2.58. The Morgan fingerprint density at radius 1 is 1.21 bits per heavy atom. The molecule has 0 amide bonds. The van der Waals surface area contributed by atoms with Crippen LogP contribution in [0.3, 0.4) is 0 Å². The number of halogens is 1. The number of nitrogens with zero attached hydrogens (tertiary/aromatic N) is 8. The number of piperazine rings is 1. The van der Waals surface area contributed by atoms with Crippen molar-refractivity contribution in [2.24, 2.45) is 0 Å². The van der Waals surface area contributed by atoms with Gasteiger partial charge in [0.25, 0.3) is 0 Å². The Bertz CT molecular complexity index is 1140. The highest BCUT2D eigenvalue weighted by Crippen LogP contribution is 2.34. The van der Waals surface area contributed by atoms with Crippen molar-refractivity contribution in [1.82, 2.24) is 35.0 Å². The monoisotopic (exact) mass is 448 g/mol. The van der Waals surface area contributed by atoms with Gasteiger partial charge < -0.3 is 9.64 Å². The van der Waals surface area contributed by atoms with E-state index in [1.807, 2.05) is 19.2 Å². The van der Waals surface area contributed by atoms with Crippen LogP contribution in [0.4, 0.5) is 10.1 Å². The maximum Gasteiger partial charge on any atom is 0.225 e. The first kappa shape index (κ1) is 21.6. The van der Waals surface area contributed by atoms with Crippen molar-refractivity contribution in [3.8, 4) is 5.82 Å². The number of rotatable bonds is 5. The molecule has 0 unspecified atom stereocenters. The average molecular weight is 449 g/mol. The van der Waals surface area contributed by atoms with E-state index < -0.39 is 5.82 Å². The Morgan fingerprint density at radius 2 is 2.12 bits per heavy atom. The maximum atomic E-state index is 13.9. The second-order valence-corrected chi connectivity index (χ2v) is 8.52. The molecule has 10 heteroatoms. The maximum absolute atomic E-state index is 13.9. The van der Waals surface area contributed by atoms with Gasteiger partial charge in [-0.3, -0.25) is 4.90 Å². The summed E-state index contributed by atoms with van der Waals surface area (Å²) in [6.07, 6.45) is 4.20. The van der Waals surface area contributed by atoms with Gasteiger partial charge >= 0.3 is 0 Å². The van der Waals surface area contributed by atoms with E-state index in [1.54, 1.807) is 6.07 Å². The normalized spacial score (nSPS) is 21.5. The zero-order chi connectivity index (χ0) is 22.8. The van der Waals surface area contributed by atoms with Crippen LogP contribution < -0.4 is 0 Å². The Kier molecular flexibility index (Phi) is 6.09. The first-order chi connectivity index (χ1) is 16.1. The summed E-state index contributed by atoms with van der Waals surface area (Å²) in [4.78, 5) is 12.7. The quantitative estimate of drug-likeness (QED) is 0.555. The molecule has 5 rings (SSSR count). The lowest BCUT2D eigenvalue weighted by atomic mass is 9.98. The highest BCUT2D eigenvalue weighted by atomic mass is 19.1. The molecule has 2 atom stereocenters. The molecule has 0 spiro atoms. The fraction of sp³-hybridized carbons (Fsp3) is 0.435. The Balaban J connectivity index is 1.15. The van der Waals surface area contributed by atoms with E-state index in [1.165, 1.54) is 22.6 Å². The fourth-order valence-electron chi connectivity index (χ4n) is 4.66. The smallest absolute Gasteiger partial charge is 0.225 e. The molecule has 2 aromatic heterocycles. The first-order valence-electron chi connectivity index (χ1n) is 11.0. The third-order valence-corrected chi connectivity index (χ3v) is 6.57. The molecule has 3 aromatic rings. The van der Waals surface area contributed by atoms with Crippen molar-refractivity contribution in [2.45, 2.75) is 25.5 Å². The molecular weight excluding hydrogens is 423 g/mol. The number of benzene rings is 1. The van der Waals surface area contributed by atoms with E-state index in [4.69, 9.17) is 11.3 Å². The Morgan fingerprint density at radius 3 is 2.88 bits per heavy atom. The lowest BCUT2D eigenvalue weighted by molar-refractivity contribution is -0.0902. The van der Waals surface area contributed by atoms with E-state index >= 15 is 0 Å². The largest absolute Gasteiger partial charge is 0.371 e. The molecule has 2 fully saturated rings. The molecule has 4 heterocycles. The molecule has 2 saturated heterocycles. The van der Waals surface area contributed by atoms with Gasteiger partial charge in [0.1, 0.15) is 12.1 Å². The number of hydrogen-bond donors (Lipinski definition) is 0. The van der Waals surface area contributed by atoms with Crippen LogP contribution >= 0.6 is 0 Å². The average Bonchev–Trinajstić information content (AvgIpc) is 3.38. The van der Waals surface area contributed by atoms with Crippen LogP contribution in [0.5, 0.6) is 0 Å². The standard InChI is InChI=1S/C23H25FN8O/c1-16-19(4-5-20(24)23(16)25-2)21-13-31-10-9-30(12-18(31)14-33-21)8-7-17-3-6-22(26-11-17)32-15-27-28-29-32/h3-6,11,15,18,21H,7-10,12-14H2,1H3/t18-,21-/m0/s1. The SMILES string of the molecule is [C-]#[N+]c1c(F)ccc([C@@H]2CN3CCN(CCc4ccc(-n5cnnn5)nc4)C[C@H]3CO2)c1C. The highest BCUT2D eigenvalue weighted by Gasteiger charge is 2.34. The number of tetrazole rings is 1. The predicted octanol–water partition coefficient (Wildman–Crippen LogP) is 2.36. The van der Waals surface area contributed by atoms with E-state index in [0.29, 0.717) is 24.0 Å². The number of aromatic nitrogens is 5. The minimum absolute atomic E-state index is 0.100. The van der Waals surface area contributed by atoms with E-state index in [2.05, 4.69) is 41.2 Å². The third-order valence-electron chi connectivity index (χ3n) is 6.57. The molecule has 0 saturated carbocycles. The second kappa shape index (κ2) is 9.31. The molecule has 33 heavy (non-hydrogen) atoms. The summed E-state index contributed by atoms with van der Waals surface area (Å²) in [5.74, 6) is 0.236. The minimum atomic E-state index is -0.464. The molecule has 1 aromatic carbocycles. The number of pyridine rings is 1. The van der Waals surface area contributed by atoms with Gasteiger partial charge in [-0.15, -0.1) is 5.10 Å². The fourth-order valence-corrected chi connectivity index (χ4v) is 4.66. The van der Waals surface area contributed by atoms with Crippen molar-refractivity contribution in [3.05, 3.63) is 70.7 Å². The first-order valence-corrected chi connectivity index (χ1v) is 11.0. The van der Waals surface area contributed by atoms with Crippen LogP contribution in [0.15, 0.2) is 36.8 Å². The molecule has 0 N–H and O–H groups in total. The summed E-state index contributed by atoms with van der Waals surface area (Å²) < 4.78 is 21.6. The number of fused-ring (bicyclic) bond motifs is 1. The molecule has 170 valence electrons. The molecule has 0 aliphatic carbocycles. The van der Waals surface area contributed by atoms with Crippen molar-refractivity contribution in [3.63, 3.8) is 0 Å². The summed E-state index contributed by atoms with van der Waals surface area (Å²) in [6.45, 7) is 14.4. The van der Waals surface area contributed by atoms with Crippen LogP contribution in [0.25, 0.3) is 10.7 Å². The van der Waals surface area contributed by atoms with Gasteiger partial charge in [-0.25, -0.2) is 14.2 Å². The third kappa shape index (κ3) is 4.48. The molecule has 0 bridgehead atoms. The second-order valence-electron chi connectivity index (χ2n) is 8.52. The van der Waals surface area contributed by atoms with Gasteiger partial charge in [-0.05, 0) is 52.6 Å². The predicted molar refractivity (Wildman–Crippen MR) is 119 cm³/mol. The van der Waals surface area contributed by atoms with Gasteiger partial charge in [0, 0.05) is 45.0 Å². The summed E-state index contributed by atoms with van der Waals surface area (Å²) in [5, 5.41) is 11.1. The van der Waals surface area contributed by atoms with Gasteiger partial charge in [0.15, 0.2) is 5.82 Å². The van der Waals surface area contributed by atoms with Gasteiger partial charge in [-0.2, -0.15) is 4.68 Å². The van der Waals surface area contributed by atoms with Crippen LogP contribution in [0.1, 0.15) is 22.8 Å². The Hall–Kier alpha value is -3.26. The van der Waals surface area contributed by atoms with Crippen LogP contribution in [0, 0.1) is 19.3 Å². The van der Waals surface area contributed by atoms with Gasteiger partial charge in [-0.1, -0.05) is 12.1 Å². The Labute approximate surface area is 191 Å². The zero-order valence-electron chi connectivity index (χ0n) is 18.4.